The maximum absolute atomic E-state index is 12.5. The summed E-state index contributed by atoms with van der Waals surface area (Å²) in [4.78, 5) is 35.7. The third-order valence-electron chi connectivity index (χ3n) is 4.01. The van der Waals surface area contributed by atoms with Crippen molar-refractivity contribution in [2.24, 2.45) is 5.92 Å². The Morgan fingerprint density at radius 1 is 1.31 bits per heavy atom. The topological polar surface area (TPSA) is 92.6 Å². The number of benzene rings is 1. The van der Waals surface area contributed by atoms with E-state index in [1.807, 2.05) is 5.32 Å². The van der Waals surface area contributed by atoms with Gasteiger partial charge in [-0.3, -0.25) is 19.7 Å². The van der Waals surface area contributed by atoms with Gasteiger partial charge in [-0.05, 0) is 18.9 Å². The molecular formula is C15H15ClF3N3O4. The number of amides is 2. The van der Waals surface area contributed by atoms with Crippen molar-refractivity contribution in [2.45, 2.75) is 19.0 Å². The Labute approximate surface area is 151 Å². The van der Waals surface area contributed by atoms with Gasteiger partial charge in [0.05, 0.1) is 15.5 Å². The van der Waals surface area contributed by atoms with E-state index in [-0.39, 0.29) is 42.2 Å². The van der Waals surface area contributed by atoms with Gasteiger partial charge in [0.1, 0.15) is 6.54 Å². The first-order valence-electron chi connectivity index (χ1n) is 7.66. The molecule has 0 bridgehead atoms. The number of piperidine rings is 1. The molecule has 2 amide bonds. The van der Waals surface area contributed by atoms with Crippen LogP contribution >= 0.6 is 11.6 Å². The Hall–Kier alpha value is -2.36. The molecule has 0 radical (unpaired) electrons. The van der Waals surface area contributed by atoms with Crippen molar-refractivity contribution in [3.8, 4) is 0 Å². The molecule has 0 atom stereocenters. The summed E-state index contributed by atoms with van der Waals surface area (Å²) in [7, 11) is 0. The number of likely N-dealkylation sites (tertiary alicyclic amines) is 1. The maximum Gasteiger partial charge on any atom is 0.405 e. The van der Waals surface area contributed by atoms with Crippen LogP contribution in [-0.2, 0) is 4.79 Å². The van der Waals surface area contributed by atoms with Gasteiger partial charge in [-0.15, -0.1) is 0 Å². The number of nitrogens with zero attached hydrogens (tertiary/aromatic N) is 2. The lowest BCUT2D eigenvalue weighted by atomic mass is 9.95. The monoisotopic (exact) mass is 393 g/mol. The van der Waals surface area contributed by atoms with E-state index >= 15 is 0 Å². The predicted molar refractivity (Wildman–Crippen MR) is 85.8 cm³/mol. The number of alkyl halides is 3. The van der Waals surface area contributed by atoms with Crippen LogP contribution in [0.5, 0.6) is 0 Å². The standard InChI is InChI=1S/C15H15ClF3N3O4/c16-12-7-10(22(25)26)1-2-11(12)14(24)21-5-3-9(4-6-21)13(23)20-8-15(17,18)19/h1-2,7,9H,3-6,8H2,(H,20,23). The molecule has 0 saturated carbocycles. The lowest BCUT2D eigenvalue weighted by molar-refractivity contribution is -0.384. The molecule has 26 heavy (non-hydrogen) atoms. The first kappa shape index (κ1) is 20.0. The zero-order valence-corrected chi connectivity index (χ0v) is 14.1. The van der Waals surface area contributed by atoms with E-state index in [1.54, 1.807) is 0 Å². The highest BCUT2D eigenvalue weighted by atomic mass is 35.5. The summed E-state index contributed by atoms with van der Waals surface area (Å²) in [5, 5.41) is 12.5. The molecule has 142 valence electrons. The molecule has 1 fully saturated rings. The van der Waals surface area contributed by atoms with Gasteiger partial charge < -0.3 is 10.2 Å². The SMILES string of the molecule is O=C(NCC(F)(F)F)C1CCN(C(=O)c2ccc([N+](=O)[O-])cc2Cl)CC1. The van der Waals surface area contributed by atoms with Crippen molar-refractivity contribution < 1.29 is 27.7 Å². The molecule has 1 aromatic rings. The van der Waals surface area contributed by atoms with Gasteiger partial charge in [-0.25, -0.2) is 0 Å². The molecule has 7 nitrogen and oxygen atoms in total. The van der Waals surface area contributed by atoms with Gasteiger partial charge >= 0.3 is 6.18 Å². The van der Waals surface area contributed by atoms with Crippen LogP contribution < -0.4 is 5.32 Å². The van der Waals surface area contributed by atoms with Crippen molar-refractivity contribution >= 4 is 29.1 Å². The number of carbonyl (C=O) groups excluding carboxylic acids is 2. The van der Waals surface area contributed by atoms with E-state index in [2.05, 4.69) is 0 Å². The molecule has 1 heterocycles. The molecule has 0 aromatic heterocycles. The average Bonchev–Trinajstić information content (AvgIpc) is 2.58. The number of nitro benzene ring substituents is 1. The summed E-state index contributed by atoms with van der Waals surface area (Å²) in [6.07, 6.45) is -4.03. The van der Waals surface area contributed by atoms with Crippen LogP contribution in [0.25, 0.3) is 0 Å². The second-order valence-electron chi connectivity index (χ2n) is 5.82. The number of nitrogens with one attached hydrogen (secondary N) is 1. The average molecular weight is 394 g/mol. The second kappa shape index (κ2) is 7.90. The normalized spacial score (nSPS) is 15.6. The maximum atomic E-state index is 12.5. The van der Waals surface area contributed by atoms with Gasteiger partial charge in [0.15, 0.2) is 0 Å². The fourth-order valence-electron chi connectivity index (χ4n) is 2.64. The number of rotatable bonds is 4. The highest BCUT2D eigenvalue weighted by Crippen LogP contribution is 2.26. The van der Waals surface area contributed by atoms with Gasteiger partial charge in [0, 0.05) is 31.1 Å². The minimum atomic E-state index is -4.47. The van der Waals surface area contributed by atoms with Crippen LogP contribution in [0.3, 0.4) is 0 Å². The summed E-state index contributed by atoms with van der Waals surface area (Å²) in [6, 6.07) is 3.49. The minimum Gasteiger partial charge on any atom is -0.347 e. The lowest BCUT2D eigenvalue weighted by Crippen LogP contribution is -2.44. The van der Waals surface area contributed by atoms with E-state index in [0.29, 0.717) is 0 Å². The Kier molecular flexibility index (Phi) is 6.06. The van der Waals surface area contributed by atoms with Crippen molar-refractivity contribution in [2.75, 3.05) is 19.6 Å². The Bertz CT molecular complexity index is 719. The molecule has 11 heteroatoms. The van der Waals surface area contributed by atoms with Crippen LogP contribution in [0.4, 0.5) is 18.9 Å². The fraction of sp³-hybridized carbons (Fsp3) is 0.467. The van der Waals surface area contributed by atoms with Gasteiger partial charge in [0.2, 0.25) is 5.91 Å². The molecule has 2 rings (SSSR count). The van der Waals surface area contributed by atoms with Crippen molar-refractivity contribution in [1.82, 2.24) is 10.2 Å². The Morgan fingerprint density at radius 2 is 1.92 bits per heavy atom. The highest BCUT2D eigenvalue weighted by molar-refractivity contribution is 6.34. The van der Waals surface area contributed by atoms with Crippen LogP contribution in [0, 0.1) is 16.0 Å². The van der Waals surface area contributed by atoms with E-state index in [4.69, 9.17) is 11.6 Å². The van der Waals surface area contributed by atoms with Crippen LogP contribution in [0.1, 0.15) is 23.2 Å². The third-order valence-corrected chi connectivity index (χ3v) is 4.32. The number of halogens is 4. The highest BCUT2D eigenvalue weighted by Gasteiger charge is 2.32. The molecule has 1 N–H and O–H groups in total. The van der Waals surface area contributed by atoms with Gasteiger partial charge in [0.25, 0.3) is 11.6 Å². The molecule has 1 aliphatic heterocycles. The summed E-state index contributed by atoms with van der Waals surface area (Å²) < 4.78 is 36.4. The van der Waals surface area contributed by atoms with Crippen molar-refractivity contribution in [1.29, 1.82) is 0 Å². The van der Waals surface area contributed by atoms with Gasteiger partial charge in [-0.2, -0.15) is 13.2 Å². The molecule has 0 unspecified atom stereocenters. The summed E-state index contributed by atoms with van der Waals surface area (Å²) in [5.41, 5.74) is -0.149. The number of carbonyl (C=O) groups is 2. The van der Waals surface area contributed by atoms with E-state index in [1.165, 1.54) is 11.0 Å². The van der Waals surface area contributed by atoms with Gasteiger partial charge in [-0.1, -0.05) is 11.6 Å². The molecule has 1 aliphatic rings. The largest absolute Gasteiger partial charge is 0.405 e. The zero-order chi connectivity index (χ0) is 19.5. The summed E-state index contributed by atoms with van der Waals surface area (Å²) in [6.45, 7) is -1.03. The van der Waals surface area contributed by atoms with E-state index in [9.17, 15) is 32.9 Å². The minimum absolute atomic E-state index is 0.0609. The summed E-state index contributed by atoms with van der Waals surface area (Å²) in [5.74, 6) is -1.74. The zero-order valence-electron chi connectivity index (χ0n) is 13.4. The second-order valence-corrected chi connectivity index (χ2v) is 6.23. The first-order chi connectivity index (χ1) is 12.1. The summed E-state index contributed by atoms with van der Waals surface area (Å²) >= 11 is 5.93. The third kappa shape index (κ3) is 5.07. The molecule has 1 saturated heterocycles. The predicted octanol–water partition coefficient (Wildman–Crippen LogP) is 2.78. The first-order valence-corrected chi connectivity index (χ1v) is 8.04. The van der Waals surface area contributed by atoms with Crippen LogP contribution in [0.2, 0.25) is 5.02 Å². The van der Waals surface area contributed by atoms with E-state index in [0.717, 1.165) is 12.1 Å². The van der Waals surface area contributed by atoms with Crippen molar-refractivity contribution in [3.05, 3.63) is 38.9 Å². The van der Waals surface area contributed by atoms with Crippen LogP contribution in [0.15, 0.2) is 18.2 Å². The molecule has 1 aromatic carbocycles. The van der Waals surface area contributed by atoms with E-state index < -0.39 is 35.4 Å². The number of non-ortho nitro benzene ring substituents is 1. The number of hydrogen-bond acceptors (Lipinski definition) is 4. The Morgan fingerprint density at radius 3 is 2.42 bits per heavy atom. The Balaban J connectivity index is 1.94. The number of nitro groups is 1. The quantitative estimate of drug-likeness (QED) is 0.629. The fourth-order valence-corrected chi connectivity index (χ4v) is 2.89. The molecule has 0 aliphatic carbocycles. The van der Waals surface area contributed by atoms with Crippen LogP contribution in [-0.4, -0.2) is 47.4 Å². The smallest absolute Gasteiger partial charge is 0.347 e. The lowest BCUT2D eigenvalue weighted by Gasteiger charge is -2.31. The molecular weight excluding hydrogens is 379 g/mol. The van der Waals surface area contributed by atoms with Crippen molar-refractivity contribution in [3.63, 3.8) is 0 Å². The molecule has 0 spiro atoms. The number of hydrogen-bond donors (Lipinski definition) is 1.